The molecule has 0 aromatic heterocycles. The molecule has 21 heavy (non-hydrogen) atoms. The van der Waals surface area contributed by atoms with E-state index in [1.54, 1.807) is 6.07 Å². The summed E-state index contributed by atoms with van der Waals surface area (Å²) in [6.45, 7) is 5.86. The predicted molar refractivity (Wildman–Crippen MR) is 80.1 cm³/mol. The summed E-state index contributed by atoms with van der Waals surface area (Å²) in [6, 6.07) is 10.4. The summed E-state index contributed by atoms with van der Waals surface area (Å²) in [5, 5.41) is 10.6. The van der Waals surface area contributed by atoms with Crippen LogP contribution in [0.15, 0.2) is 36.4 Å². The summed E-state index contributed by atoms with van der Waals surface area (Å²) in [7, 11) is 0. The fraction of sp³-hybridized carbons (Fsp3) is 0.333. The SMILES string of the molecule is Cc1cc(F)cc(C(O)c2cccc3c2OC(C)(C)C3)c1. The third kappa shape index (κ3) is 2.66. The Morgan fingerprint density at radius 1 is 1.24 bits per heavy atom. The van der Waals surface area contributed by atoms with Crippen molar-refractivity contribution in [1.29, 1.82) is 0 Å². The number of hydrogen-bond acceptors (Lipinski definition) is 2. The van der Waals surface area contributed by atoms with Gasteiger partial charge in [-0.25, -0.2) is 4.39 Å². The molecule has 1 aliphatic heterocycles. The Morgan fingerprint density at radius 2 is 2.00 bits per heavy atom. The van der Waals surface area contributed by atoms with Crippen molar-refractivity contribution in [2.24, 2.45) is 0 Å². The van der Waals surface area contributed by atoms with Gasteiger partial charge in [0.1, 0.15) is 23.3 Å². The zero-order chi connectivity index (χ0) is 15.2. The molecule has 3 rings (SSSR count). The van der Waals surface area contributed by atoms with Gasteiger partial charge in [0.25, 0.3) is 0 Å². The first-order valence-electron chi connectivity index (χ1n) is 7.12. The second-order valence-corrected chi connectivity index (χ2v) is 6.34. The number of rotatable bonds is 2. The lowest BCUT2D eigenvalue weighted by molar-refractivity contribution is 0.131. The molecule has 0 saturated carbocycles. The van der Waals surface area contributed by atoms with E-state index in [9.17, 15) is 9.50 Å². The molecule has 0 fully saturated rings. The zero-order valence-electron chi connectivity index (χ0n) is 12.5. The predicted octanol–water partition coefficient (Wildman–Crippen LogP) is 3.93. The van der Waals surface area contributed by atoms with Gasteiger partial charge >= 0.3 is 0 Å². The van der Waals surface area contributed by atoms with Gasteiger partial charge < -0.3 is 9.84 Å². The van der Waals surface area contributed by atoms with Crippen molar-refractivity contribution >= 4 is 0 Å². The maximum Gasteiger partial charge on any atom is 0.129 e. The smallest absolute Gasteiger partial charge is 0.129 e. The summed E-state index contributed by atoms with van der Waals surface area (Å²) in [5.74, 6) is 0.398. The van der Waals surface area contributed by atoms with Crippen molar-refractivity contribution in [2.45, 2.75) is 38.9 Å². The molecular weight excluding hydrogens is 267 g/mol. The van der Waals surface area contributed by atoms with Gasteiger partial charge in [0, 0.05) is 12.0 Å². The van der Waals surface area contributed by atoms with Crippen LogP contribution in [0.2, 0.25) is 0 Å². The molecule has 0 radical (unpaired) electrons. The minimum absolute atomic E-state index is 0.268. The minimum atomic E-state index is -0.886. The van der Waals surface area contributed by atoms with E-state index in [1.807, 2.05) is 39.0 Å². The fourth-order valence-electron chi connectivity index (χ4n) is 2.96. The number of aryl methyl sites for hydroxylation is 1. The van der Waals surface area contributed by atoms with E-state index in [1.165, 1.54) is 12.1 Å². The van der Waals surface area contributed by atoms with E-state index in [-0.39, 0.29) is 11.4 Å². The average molecular weight is 286 g/mol. The Balaban J connectivity index is 2.04. The van der Waals surface area contributed by atoms with E-state index in [0.29, 0.717) is 11.1 Å². The molecule has 0 spiro atoms. The van der Waals surface area contributed by atoms with Crippen LogP contribution in [0, 0.1) is 12.7 Å². The van der Waals surface area contributed by atoms with Crippen LogP contribution in [-0.4, -0.2) is 10.7 Å². The van der Waals surface area contributed by atoms with Gasteiger partial charge in [-0.15, -0.1) is 0 Å². The Kier molecular flexibility index (Phi) is 3.25. The normalized spacial score (nSPS) is 17.2. The molecule has 0 amide bonds. The lowest BCUT2D eigenvalue weighted by Crippen LogP contribution is -2.25. The maximum absolute atomic E-state index is 13.6. The van der Waals surface area contributed by atoms with Crippen molar-refractivity contribution in [3.63, 3.8) is 0 Å². The van der Waals surface area contributed by atoms with Crippen LogP contribution < -0.4 is 4.74 Å². The zero-order valence-corrected chi connectivity index (χ0v) is 12.5. The first kappa shape index (κ1) is 14.1. The second kappa shape index (κ2) is 4.85. The molecule has 2 nitrogen and oxygen atoms in total. The van der Waals surface area contributed by atoms with E-state index in [4.69, 9.17) is 4.74 Å². The van der Waals surface area contributed by atoms with E-state index >= 15 is 0 Å². The Labute approximate surface area is 124 Å². The van der Waals surface area contributed by atoms with Gasteiger partial charge in [-0.1, -0.05) is 24.3 Å². The molecule has 1 heterocycles. The van der Waals surface area contributed by atoms with Gasteiger partial charge in [-0.05, 0) is 49.6 Å². The van der Waals surface area contributed by atoms with Crippen molar-refractivity contribution in [1.82, 2.24) is 0 Å². The first-order valence-corrected chi connectivity index (χ1v) is 7.12. The molecule has 2 aromatic carbocycles. The molecule has 0 saturated heterocycles. The van der Waals surface area contributed by atoms with Crippen LogP contribution in [0.4, 0.5) is 4.39 Å². The second-order valence-electron chi connectivity index (χ2n) is 6.34. The summed E-state index contributed by atoms with van der Waals surface area (Å²) in [6.07, 6.45) is -0.0753. The summed E-state index contributed by atoms with van der Waals surface area (Å²) >= 11 is 0. The highest BCUT2D eigenvalue weighted by Gasteiger charge is 2.33. The highest BCUT2D eigenvalue weighted by atomic mass is 19.1. The van der Waals surface area contributed by atoms with Crippen LogP contribution in [0.1, 0.15) is 42.2 Å². The summed E-state index contributed by atoms with van der Waals surface area (Å²) < 4.78 is 19.5. The molecule has 0 bridgehead atoms. The molecule has 110 valence electrons. The van der Waals surface area contributed by atoms with Crippen molar-refractivity contribution in [3.05, 3.63) is 64.5 Å². The van der Waals surface area contributed by atoms with E-state index < -0.39 is 6.10 Å². The van der Waals surface area contributed by atoms with Crippen LogP contribution in [0.3, 0.4) is 0 Å². The number of benzene rings is 2. The van der Waals surface area contributed by atoms with Gasteiger partial charge in [0.15, 0.2) is 0 Å². The fourth-order valence-corrected chi connectivity index (χ4v) is 2.96. The van der Waals surface area contributed by atoms with Crippen molar-refractivity contribution < 1.29 is 14.2 Å². The first-order chi connectivity index (χ1) is 9.85. The third-order valence-corrected chi connectivity index (χ3v) is 3.80. The number of ether oxygens (including phenoxy) is 1. The topological polar surface area (TPSA) is 29.5 Å². The highest BCUT2D eigenvalue weighted by Crippen LogP contribution is 2.41. The quantitative estimate of drug-likeness (QED) is 0.906. The van der Waals surface area contributed by atoms with E-state index in [0.717, 1.165) is 23.3 Å². The van der Waals surface area contributed by atoms with E-state index in [2.05, 4.69) is 0 Å². The summed E-state index contributed by atoms with van der Waals surface area (Å²) in [5.41, 5.74) is 2.86. The number of hydrogen-bond donors (Lipinski definition) is 1. The molecule has 1 unspecified atom stereocenters. The third-order valence-electron chi connectivity index (χ3n) is 3.80. The Morgan fingerprint density at radius 3 is 2.71 bits per heavy atom. The summed E-state index contributed by atoms with van der Waals surface area (Å²) in [4.78, 5) is 0. The van der Waals surface area contributed by atoms with Gasteiger partial charge in [-0.3, -0.25) is 0 Å². The minimum Gasteiger partial charge on any atom is -0.487 e. The highest BCUT2D eigenvalue weighted by molar-refractivity contribution is 5.49. The van der Waals surface area contributed by atoms with Crippen molar-refractivity contribution in [3.8, 4) is 5.75 Å². The molecule has 3 heteroatoms. The molecular formula is C18H19FO2. The maximum atomic E-state index is 13.6. The lowest BCUT2D eigenvalue weighted by atomic mass is 9.95. The van der Waals surface area contributed by atoms with Crippen LogP contribution >= 0.6 is 0 Å². The van der Waals surface area contributed by atoms with Crippen molar-refractivity contribution in [2.75, 3.05) is 0 Å². The largest absolute Gasteiger partial charge is 0.487 e. The van der Waals surface area contributed by atoms with Crippen LogP contribution in [-0.2, 0) is 6.42 Å². The monoisotopic (exact) mass is 286 g/mol. The molecule has 1 aliphatic rings. The molecule has 1 N–H and O–H groups in total. The molecule has 1 atom stereocenters. The number of halogens is 1. The van der Waals surface area contributed by atoms with Crippen LogP contribution in [0.5, 0.6) is 5.75 Å². The Hall–Kier alpha value is -1.87. The van der Waals surface area contributed by atoms with Gasteiger partial charge in [0.2, 0.25) is 0 Å². The number of fused-ring (bicyclic) bond motifs is 1. The lowest BCUT2D eigenvalue weighted by Gasteiger charge is -2.20. The molecule has 2 aromatic rings. The standard InChI is InChI=1S/C18H19FO2/c1-11-7-13(9-14(19)8-11)16(20)15-6-4-5-12-10-18(2,3)21-17(12)15/h4-9,16,20H,10H2,1-3H3. The van der Waals surface area contributed by atoms with Gasteiger partial charge in [-0.2, -0.15) is 0 Å². The number of aliphatic hydroxyl groups is 1. The molecule has 0 aliphatic carbocycles. The number of para-hydroxylation sites is 1. The van der Waals surface area contributed by atoms with Crippen LogP contribution in [0.25, 0.3) is 0 Å². The number of aliphatic hydroxyl groups excluding tert-OH is 1. The van der Waals surface area contributed by atoms with Gasteiger partial charge in [0.05, 0.1) is 0 Å². The average Bonchev–Trinajstić information content (AvgIpc) is 2.70. The Bertz CT molecular complexity index is 671.